The molecule has 0 saturated carbocycles. The smallest absolute Gasteiger partial charge is 0.228 e. The molecule has 1 amide bonds. The molecule has 0 spiro atoms. The molecule has 0 aliphatic carbocycles. The van der Waals surface area contributed by atoms with E-state index in [1.807, 2.05) is 66.7 Å². The highest BCUT2D eigenvalue weighted by Crippen LogP contribution is 2.21. The lowest BCUT2D eigenvalue weighted by Crippen LogP contribution is -2.14. The van der Waals surface area contributed by atoms with Gasteiger partial charge >= 0.3 is 0 Å². The molecule has 0 atom stereocenters. The molecule has 0 bridgehead atoms. The molecule has 4 aromatic carbocycles. The molecule has 0 aliphatic heterocycles. The molecule has 0 unspecified atom stereocenters. The fourth-order valence-electron chi connectivity index (χ4n) is 3.10. The van der Waals surface area contributed by atoms with Crippen LogP contribution in [-0.4, -0.2) is 5.91 Å². The maximum Gasteiger partial charge on any atom is 0.228 e. The zero-order valence-corrected chi connectivity index (χ0v) is 14.4. The maximum atomic E-state index is 12.4. The predicted molar refractivity (Wildman–Crippen MR) is 108 cm³/mol. The van der Waals surface area contributed by atoms with E-state index in [0.29, 0.717) is 6.42 Å². The standard InChI is InChI=1S/C24H19NO/c26-24(25-23-15-14-20-8-4-5-9-22(20)17-23)16-18-10-12-21(13-11-18)19-6-2-1-3-7-19/h1-15,17H,16H2,(H,25,26). The van der Waals surface area contributed by atoms with Gasteiger partial charge in [-0.1, -0.05) is 84.9 Å². The molecule has 0 fully saturated rings. The Hall–Kier alpha value is -3.39. The number of hydrogen-bond acceptors (Lipinski definition) is 1. The predicted octanol–water partition coefficient (Wildman–Crippen LogP) is 5.69. The van der Waals surface area contributed by atoms with Gasteiger partial charge in [-0.15, -0.1) is 0 Å². The summed E-state index contributed by atoms with van der Waals surface area (Å²) in [6.45, 7) is 0. The first-order valence-electron chi connectivity index (χ1n) is 8.71. The summed E-state index contributed by atoms with van der Waals surface area (Å²) in [5.41, 5.74) is 4.17. The minimum atomic E-state index is -0.00672. The molecule has 0 heterocycles. The summed E-state index contributed by atoms with van der Waals surface area (Å²) in [4.78, 5) is 12.4. The van der Waals surface area contributed by atoms with Gasteiger partial charge in [-0.3, -0.25) is 4.79 Å². The van der Waals surface area contributed by atoms with E-state index in [1.54, 1.807) is 0 Å². The number of nitrogens with one attached hydrogen (secondary N) is 1. The lowest BCUT2D eigenvalue weighted by atomic mass is 10.0. The summed E-state index contributed by atoms with van der Waals surface area (Å²) < 4.78 is 0. The van der Waals surface area contributed by atoms with Crippen LogP contribution in [0.4, 0.5) is 5.69 Å². The van der Waals surface area contributed by atoms with E-state index >= 15 is 0 Å². The second-order valence-electron chi connectivity index (χ2n) is 6.35. The van der Waals surface area contributed by atoms with Gasteiger partial charge in [-0.2, -0.15) is 0 Å². The quantitative estimate of drug-likeness (QED) is 0.509. The maximum absolute atomic E-state index is 12.4. The van der Waals surface area contributed by atoms with Crippen LogP contribution in [0.2, 0.25) is 0 Å². The fourth-order valence-corrected chi connectivity index (χ4v) is 3.10. The molecule has 2 heteroatoms. The van der Waals surface area contributed by atoms with Gasteiger partial charge < -0.3 is 5.32 Å². The molecule has 4 rings (SSSR count). The Kier molecular flexibility index (Phi) is 4.48. The Balaban J connectivity index is 1.44. The van der Waals surface area contributed by atoms with Crippen molar-refractivity contribution in [2.45, 2.75) is 6.42 Å². The average molecular weight is 337 g/mol. The van der Waals surface area contributed by atoms with Crippen LogP contribution in [0.1, 0.15) is 5.56 Å². The molecular weight excluding hydrogens is 318 g/mol. The molecule has 0 aromatic heterocycles. The number of benzene rings is 4. The van der Waals surface area contributed by atoms with Crippen molar-refractivity contribution in [3.8, 4) is 11.1 Å². The van der Waals surface area contributed by atoms with Crippen molar-refractivity contribution in [2.75, 3.05) is 5.32 Å². The summed E-state index contributed by atoms with van der Waals surface area (Å²) in [5.74, 6) is -0.00672. The zero-order chi connectivity index (χ0) is 17.8. The molecule has 0 aliphatic rings. The van der Waals surface area contributed by atoms with Gasteiger partial charge in [0.15, 0.2) is 0 Å². The van der Waals surface area contributed by atoms with Crippen molar-refractivity contribution in [3.05, 3.63) is 103 Å². The van der Waals surface area contributed by atoms with E-state index < -0.39 is 0 Å². The van der Waals surface area contributed by atoms with Gasteiger partial charge in [0.2, 0.25) is 5.91 Å². The first kappa shape index (κ1) is 16.1. The summed E-state index contributed by atoms with van der Waals surface area (Å²) in [7, 11) is 0. The van der Waals surface area contributed by atoms with E-state index in [-0.39, 0.29) is 5.91 Å². The number of carbonyl (C=O) groups excluding carboxylic acids is 1. The van der Waals surface area contributed by atoms with Crippen molar-refractivity contribution in [3.63, 3.8) is 0 Å². The lowest BCUT2D eigenvalue weighted by Gasteiger charge is -2.08. The summed E-state index contributed by atoms with van der Waals surface area (Å²) in [5, 5.41) is 5.28. The minimum Gasteiger partial charge on any atom is -0.326 e. The number of fused-ring (bicyclic) bond motifs is 1. The Morgan fingerprint density at radius 2 is 1.31 bits per heavy atom. The molecule has 1 N–H and O–H groups in total. The van der Waals surface area contributed by atoms with E-state index in [9.17, 15) is 4.79 Å². The van der Waals surface area contributed by atoms with Crippen LogP contribution >= 0.6 is 0 Å². The number of rotatable bonds is 4. The highest BCUT2D eigenvalue weighted by atomic mass is 16.1. The Bertz CT molecular complexity index is 1040. The molecule has 0 radical (unpaired) electrons. The molecule has 2 nitrogen and oxygen atoms in total. The van der Waals surface area contributed by atoms with Crippen LogP contribution in [0, 0.1) is 0 Å². The topological polar surface area (TPSA) is 29.1 Å². The summed E-state index contributed by atoms with van der Waals surface area (Å²) in [6, 6.07) is 32.5. The van der Waals surface area contributed by atoms with Crippen molar-refractivity contribution in [2.24, 2.45) is 0 Å². The molecular formula is C24H19NO. The summed E-state index contributed by atoms with van der Waals surface area (Å²) in [6.07, 6.45) is 0.363. The van der Waals surface area contributed by atoms with E-state index in [0.717, 1.165) is 22.2 Å². The molecule has 26 heavy (non-hydrogen) atoms. The van der Waals surface area contributed by atoms with Gasteiger partial charge in [0, 0.05) is 5.69 Å². The third-order valence-electron chi connectivity index (χ3n) is 4.46. The Morgan fingerprint density at radius 3 is 2.08 bits per heavy atom. The monoisotopic (exact) mass is 337 g/mol. The minimum absolute atomic E-state index is 0.00672. The van der Waals surface area contributed by atoms with E-state index in [2.05, 4.69) is 35.6 Å². The van der Waals surface area contributed by atoms with Crippen LogP contribution in [0.3, 0.4) is 0 Å². The van der Waals surface area contributed by atoms with Gasteiger partial charge in [0.05, 0.1) is 6.42 Å². The largest absolute Gasteiger partial charge is 0.326 e. The van der Waals surface area contributed by atoms with Crippen molar-refractivity contribution in [1.29, 1.82) is 0 Å². The van der Waals surface area contributed by atoms with Crippen molar-refractivity contribution < 1.29 is 4.79 Å². The van der Waals surface area contributed by atoms with Crippen LogP contribution in [0.25, 0.3) is 21.9 Å². The Labute approximate surface area is 153 Å². The Morgan fingerprint density at radius 1 is 0.654 bits per heavy atom. The van der Waals surface area contributed by atoms with Crippen LogP contribution < -0.4 is 5.32 Å². The number of amides is 1. The van der Waals surface area contributed by atoms with Gasteiger partial charge in [-0.05, 0) is 39.6 Å². The lowest BCUT2D eigenvalue weighted by molar-refractivity contribution is -0.115. The first-order valence-corrected chi connectivity index (χ1v) is 8.71. The normalized spacial score (nSPS) is 10.6. The van der Waals surface area contributed by atoms with Crippen LogP contribution in [0.15, 0.2) is 97.1 Å². The zero-order valence-electron chi connectivity index (χ0n) is 14.4. The van der Waals surface area contributed by atoms with Gasteiger partial charge in [0.25, 0.3) is 0 Å². The van der Waals surface area contributed by atoms with Gasteiger partial charge in [-0.25, -0.2) is 0 Å². The third-order valence-corrected chi connectivity index (χ3v) is 4.46. The van der Waals surface area contributed by atoms with E-state index in [1.165, 1.54) is 10.9 Å². The van der Waals surface area contributed by atoms with Crippen LogP contribution in [0.5, 0.6) is 0 Å². The molecule has 0 saturated heterocycles. The number of carbonyl (C=O) groups is 1. The van der Waals surface area contributed by atoms with E-state index in [4.69, 9.17) is 0 Å². The fraction of sp³-hybridized carbons (Fsp3) is 0.0417. The van der Waals surface area contributed by atoms with Crippen LogP contribution in [-0.2, 0) is 11.2 Å². The first-order chi connectivity index (χ1) is 12.8. The van der Waals surface area contributed by atoms with Crippen molar-refractivity contribution >= 4 is 22.4 Å². The third kappa shape index (κ3) is 3.65. The van der Waals surface area contributed by atoms with Gasteiger partial charge in [0.1, 0.15) is 0 Å². The number of anilines is 1. The summed E-state index contributed by atoms with van der Waals surface area (Å²) >= 11 is 0. The highest BCUT2D eigenvalue weighted by molar-refractivity contribution is 5.95. The second kappa shape index (κ2) is 7.24. The highest BCUT2D eigenvalue weighted by Gasteiger charge is 2.05. The number of hydrogen-bond donors (Lipinski definition) is 1. The average Bonchev–Trinajstić information content (AvgIpc) is 2.69. The SMILES string of the molecule is O=C(Cc1ccc(-c2ccccc2)cc1)Nc1ccc2ccccc2c1. The second-order valence-corrected chi connectivity index (χ2v) is 6.35. The van der Waals surface area contributed by atoms with Crippen molar-refractivity contribution in [1.82, 2.24) is 0 Å². The molecule has 4 aromatic rings. The molecule has 126 valence electrons.